The van der Waals surface area contributed by atoms with Gasteiger partial charge in [0.2, 0.25) is 5.91 Å². The monoisotopic (exact) mass is 212 g/mol. The predicted molar refractivity (Wildman–Crippen MR) is 59.1 cm³/mol. The Morgan fingerprint density at radius 3 is 2.93 bits per heavy atom. The molecule has 1 heterocycles. The van der Waals surface area contributed by atoms with Crippen LogP contribution in [0.3, 0.4) is 0 Å². The summed E-state index contributed by atoms with van der Waals surface area (Å²) >= 11 is 1.75. The number of hydrogen-bond acceptors (Lipinski definition) is 3. The van der Waals surface area contributed by atoms with Gasteiger partial charge >= 0.3 is 0 Å². The van der Waals surface area contributed by atoms with Crippen LogP contribution in [0.25, 0.3) is 0 Å². The van der Waals surface area contributed by atoms with E-state index in [1.165, 1.54) is 4.88 Å². The predicted octanol–water partition coefficient (Wildman–Crippen LogP) is 1.66. The lowest BCUT2D eigenvalue weighted by molar-refractivity contribution is -0.124. The Hall–Kier alpha value is -0.870. The van der Waals surface area contributed by atoms with Crippen LogP contribution in [-0.2, 0) is 11.2 Å². The first-order chi connectivity index (χ1) is 6.68. The molecule has 1 amide bonds. The van der Waals surface area contributed by atoms with Crippen LogP contribution in [0.5, 0.6) is 0 Å². The number of hydrazine groups is 1. The highest BCUT2D eigenvalue weighted by atomic mass is 32.1. The van der Waals surface area contributed by atoms with Crippen LogP contribution in [0.4, 0.5) is 0 Å². The molecule has 0 fully saturated rings. The summed E-state index contributed by atoms with van der Waals surface area (Å²) in [5.74, 6) is 0.0894. The van der Waals surface area contributed by atoms with Crippen molar-refractivity contribution in [1.29, 1.82) is 0 Å². The molecule has 1 rings (SSSR count). The first-order valence-electron chi connectivity index (χ1n) is 4.67. The van der Waals surface area contributed by atoms with Gasteiger partial charge in [-0.05, 0) is 24.3 Å². The number of nitrogens with one attached hydrogen (secondary N) is 1. The van der Waals surface area contributed by atoms with Crippen LogP contribution in [0.2, 0.25) is 0 Å². The number of thiophene rings is 1. The maximum Gasteiger partial charge on any atom is 0.234 e. The number of aryl methyl sites for hydroxylation is 1. The van der Waals surface area contributed by atoms with Crippen LogP contribution < -0.4 is 5.43 Å². The van der Waals surface area contributed by atoms with Crippen molar-refractivity contribution in [2.45, 2.75) is 19.3 Å². The molecule has 1 N–H and O–H groups in total. The highest BCUT2D eigenvalue weighted by molar-refractivity contribution is 7.09. The van der Waals surface area contributed by atoms with Crippen LogP contribution in [0, 0.1) is 0 Å². The number of hydrogen-bond donors (Lipinski definition) is 1. The van der Waals surface area contributed by atoms with E-state index in [4.69, 9.17) is 0 Å². The quantitative estimate of drug-likeness (QED) is 0.753. The molecular weight excluding hydrogens is 196 g/mol. The summed E-state index contributed by atoms with van der Waals surface area (Å²) < 4.78 is 0. The summed E-state index contributed by atoms with van der Waals surface area (Å²) in [5, 5.41) is 3.74. The Bertz CT molecular complexity index is 270. The molecule has 1 aromatic rings. The largest absolute Gasteiger partial charge is 0.289 e. The first-order valence-corrected chi connectivity index (χ1v) is 5.55. The van der Waals surface area contributed by atoms with E-state index in [1.807, 2.05) is 20.2 Å². The highest BCUT2D eigenvalue weighted by Gasteiger charge is 2.02. The minimum absolute atomic E-state index is 0.0894. The Labute approximate surface area is 88.7 Å². The molecule has 14 heavy (non-hydrogen) atoms. The van der Waals surface area contributed by atoms with Crippen LogP contribution in [-0.4, -0.2) is 25.0 Å². The van der Waals surface area contributed by atoms with Gasteiger partial charge in [0.25, 0.3) is 0 Å². The molecule has 0 spiro atoms. The van der Waals surface area contributed by atoms with E-state index in [0.29, 0.717) is 6.42 Å². The van der Waals surface area contributed by atoms with Crippen LogP contribution >= 0.6 is 11.3 Å². The van der Waals surface area contributed by atoms with E-state index in [9.17, 15) is 4.79 Å². The molecule has 1 aromatic heterocycles. The summed E-state index contributed by atoms with van der Waals surface area (Å²) in [6.45, 7) is 0. The van der Waals surface area contributed by atoms with Crippen molar-refractivity contribution in [3.63, 3.8) is 0 Å². The molecule has 0 atom stereocenters. The Morgan fingerprint density at radius 1 is 1.57 bits per heavy atom. The SMILES string of the molecule is CN(C)NC(=O)CCCc1cccs1. The summed E-state index contributed by atoms with van der Waals surface area (Å²) in [6, 6.07) is 4.15. The average molecular weight is 212 g/mol. The number of carbonyl (C=O) groups excluding carboxylic acids is 1. The molecule has 3 nitrogen and oxygen atoms in total. The maximum absolute atomic E-state index is 11.2. The van der Waals surface area contributed by atoms with Crippen molar-refractivity contribution < 1.29 is 4.79 Å². The third-order valence-corrected chi connectivity index (χ3v) is 2.69. The summed E-state index contributed by atoms with van der Waals surface area (Å²) in [4.78, 5) is 12.6. The molecule has 0 unspecified atom stereocenters. The first kappa shape index (κ1) is 11.2. The Morgan fingerprint density at radius 2 is 2.36 bits per heavy atom. The average Bonchev–Trinajstić information content (AvgIpc) is 2.55. The summed E-state index contributed by atoms with van der Waals surface area (Å²) in [5.41, 5.74) is 2.72. The molecule has 0 saturated heterocycles. The van der Waals surface area contributed by atoms with Crippen molar-refractivity contribution in [1.82, 2.24) is 10.4 Å². The van der Waals surface area contributed by atoms with E-state index < -0.39 is 0 Å². The van der Waals surface area contributed by atoms with Gasteiger partial charge in [-0.2, -0.15) is 0 Å². The third kappa shape index (κ3) is 4.39. The van der Waals surface area contributed by atoms with Crippen molar-refractivity contribution in [2.75, 3.05) is 14.1 Å². The minimum Gasteiger partial charge on any atom is -0.289 e. The minimum atomic E-state index is 0.0894. The van der Waals surface area contributed by atoms with E-state index in [0.717, 1.165) is 12.8 Å². The van der Waals surface area contributed by atoms with Gasteiger partial charge in [0, 0.05) is 25.4 Å². The fourth-order valence-electron chi connectivity index (χ4n) is 1.18. The molecule has 0 aromatic carbocycles. The molecule has 4 heteroatoms. The van der Waals surface area contributed by atoms with Crippen molar-refractivity contribution >= 4 is 17.2 Å². The Kier molecular flexibility index (Phi) is 4.62. The lowest BCUT2D eigenvalue weighted by atomic mass is 10.2. The zero-order valence-electron chi connectivity index (χ0n) is 8.62. The zero-order chi connectivity index (χ0) is 10.4. The standard InChI is InChI=1S/C10H16N2OS/c1-12(2)11-10(13)7-3-5-9-6-4-8-14-9/h4,6,8H,3,5,7H2,1-2H3,(H,11,13). The second-order valence-corrected chi connectivity index (χ2v) is 4.39. The summed E-state index contributed by atoms with van der Waals surface area (Å²) in [6.07, 6.45) is 2.51. The summed E-state index contributed by atoms with van der Waals surface area (Å²) in [7, 11) is 3.63. The van der Waals surface area contributed by atoms with Gasteiger partial charge in [0.15, 0.2) is 0 Å². The fraction of sp³-hybridized carbons (Fsp3) is 0.500. The molecule has 0 aliphatic carbocycles. The van der Waals surface area contributed by atoms with Crippen molar-refractivity contribution in [3.8, 4) is 0 Å². The van der Waals surface area contributed by atoms with E-state index in [2.05, 4.69) is 16.9 Å². The fourth-order valence-corrected chi connectivity index (χ4v) is 1.93. The molecule has 0 aliphatic rings. The lowest BCUT2D eigenvalue weighted by Crippen LogP contribution is -2.35. The van der Waals surface area contributed by atoms with Gasteiger partial charge in [-0.1, -0.05) is 6.07 Å². The van der Waals surface area contributed by atoms with Crippen LogP contribution in [0.1, 0.15) is 17.7 Å². The van der Waals surface area contributed by atoms with Crippen LogP contribution in [0.15, 0.2) is 17.5 Å². The van der Waals surface area contributed by atoms with Gasteiger partial charge in [-0.3, -0.25) is 10.2 Å². The highest BCUT2D eigenvalue weighted by Crippen LogP contribution is 2.11. The number of rotatable bonds is 5. The van der Waals surface area contributed by atoms with Crippen molar-refractivity contribution in [2.24, 2.45) is 0 Å². The van der Waals surface area contributed by atoms with Crippen molar-refractivity contribution in [3.05, 3.63) is 22.4 Å². The van der Waals surface area contributed by atoms with E-state index in [-0.39, 0.29) is 5.91 Å². The number of amides is 1. The number of nitrogens with zero attached hydrogens (tertiary/aromatic N) is 1. The molecule has 0 saturated carbocycles. The molecule has 0 radical (unpaired) electrons. The van der Waals surface area contributed by atoms with Gasteiger partial charge in [-0.25, -0.2) is 5.01 Å². The molecule has 78 valence electrons. The van der Waals surface area contributed by atoms with Gasteiger partial charge in [0.1, 0.15) is 0 Å². The smallest absolute Gasteiger partial charge is 0.234 e. The second-order valence-electron chi connectivity index (χ2n) is 3.36. The lowest BCUT2D eigenvalue weighted by Gasteiger charge is -2.11. The van der Waals surface area contributed by atoms with E-state index >= 15 is 0 Å². The third-order valence-electron chi connectivity index (χ3n) is 1.76. The van der Waals surface area contributed by atoms with Gasteiger partial charge in [0.05, 0.1) is 0 Å². The number of carbonyl (C=O) groups is 1. The second kappa shape index (κ2) is 5.78. The topological polar surface area (TPSA) is 32.3 Å². The van der Waals surface area contributed by atoms with Gasteiger partial charge in [-0.15, -0.1) is 11.3 Å². The zero-order valence-corrected chi connectivity index (χ0v) is 9.43. The molecule has 0 bridgehead atoms. The van der Waals surface area contributed by atoms with Gasteiger partial charge < -0.3 is 0 Å². The maximum atomic E-state index is 11.2. The molecule has 0 aliphatic heterocycles. The van der Waals surface area contributed by atoms with E-state index in [1.54, 1.807) is 16.3 Å². The normalized spacial score (nSPS) is 10.5. The Balaban J connectivity index is 2.12. The molecular formula is C10H16N2OS.